The van der Waals surface area contributed by atoms with E-state index >= 15 is 0 Å². The molecule has 0 bridgehead atoms. The Bertz CT molecular complexity index is 830. The fourth-order valence-electron chi connectivity index (χ4n) is 2.47. The molecule has 0 aliphatic heterocycles. The average Bonchev–Trinajstić information content (AvgIpc) is 2.71. The van der Waals surface area contributed by atoms with Gasteiger partial charge in [-0.15, -0.1) is 0 Å². The molecule has 0 fully saturated rings. The number of carbonyl (C=O) groups is 1. The summed E-state index contributed by atoms with van der Waals surface area (Å²) in [6, 6.07) is 11.6. The number of carbonyl (C=O) groups excluding carboxylic acids is 1. The van der Waals surface area contributed by atoms with Gasteiger partial charge in [0, 0.05) is 34.4 Å². The molecule has 0 amide bonds. The molecule has 3 aromatic rings. The molecule has 0 aliphatic carbocycles. The van der Waals surface area contributed by atoms with Crippen molar-refractivity contribution in [3.8, 4) is 0 Å². The number of rotatable bonds is 1. The van der Waals surface area contributed by atoms with E-state index in [1.54, 1.807) is 17.7 Å². The third kappa shape index (κ3) is 1.78. The van der Waals surface area contributed by atoms with Crippen molar-refractivity contribution in [1.29, 1.82) is 0 Å². The fourth-order valence-corrected chi connectivity index (χ4v) is 2.47. The van der Waals surface area contributed by atoms with Gasteiger partial charge >= 0.3 is 6.18 Å². The van der Waals surface area contributed by atoms with Crippen molar-refractivity contribution >= 4 is 27.6 Å². The highest BCUT2D eigenvalue weighted by molar-refractivity contribution is 6.11. The molecule has 0 atom stereocenters. The number of hydrogen-bond acceptors (Lipinski definition) is 1. The second kappa shape index (κ2) is 4.10. The van der Waals surface area contributed by atoms with Crippen LogP contribution >= 0.6 is 0 Å². The van der Waals surface area contributed by atoms with Gasteiger partial charge in [-0.2, -0.15) is 13.2 Å². The number of ketones is 1. The molecular formula is C15H10F3NO. The lowest BCUT2D eigenvalue weighted by molar-refractivity contribution is -0.0885. The number of hydrogen-bond donors (Lipinski definition) is 0. The Morgan fingerprint density at radius 3 is 2.35 bits per heavy atom. The first kappa shape index (κ1) is 12.7. The van der Waals surface area contributed by atoms with Crippen LogP contribution in [0.2, 0.25) is 0 Å². The predicted molar refractivity (Wildman–Crippen MR) is 70.8 cm³/mol. The van der Waals surface area contributed by atoms with Gasteiger partial charge in [-0.3, -0.25) is 4.79 Å². The minimum Gasteiger partial charge on any atom is -0.344 e. The minimum atomic E-state index is -4.85. The van der Waals surface area contributed by atoms with E-state index < -0.39 is 12.0 Å². The Morgan fingerprint density at radius 1 is 1.00 bits per heavy atom. The maximum absolute atomic E-state index is 12.5. The van der Waals surface area contributed by atoms with Crippen molar-refractivity contribution in [2.75, 3.05) is 0 Å². The smallest absolute Gasteiger partial charge is 0.344 e. The van der Waals surface area contributed by atoms with Gasteiger partial charge in [-0.25, -0.2) is 0 Å². The molecule has 0 saturated carbocycles. The van der Waals surface area contributed by atoms with Crippen LogP contribution in [-0.4, -0.2) is 16.5 Å². The Balaban J connectivity index is 2.29. The zero-order valence-electron chi connectivity index (χ0n) is 10.5. The Morgan fingerprint density at radius 2 is 1.65 bits per heavy atom. The molecular weight excluding hydrogens is 267 g/mol. The molecule has 2 nitrogen and oxygen atoms in total. The summed E-state index contributed by atoms with van der Waals surface area (Å²) < 4.78 is 39.2. The van der Waals surface area contributed by atoms with E-state index in [9.17, 15) is 18.0 Å². The first-order valence-electron chi connectivity index (χ1n) is 5.98. The van der Waals surface area contributed by atoms with Crippen LogP contribution in [-0.2, 0) is 7.05 Å². The summed E-state index contributed by atoms with van der Waals surface area (Å²) in [7, 11) is 1.77. The van der Waals surface area contributed by atoms with Crippen molar-refractivity contribution in [1.82, 2.24) is 4.57 Å². The van der Waals surface area contributed by atoms with E-state index in [4.69, 9.17) is 0 Å². The molecule has 5 heteroatoms. The Hall–Kier alpha value is -2.30. The molecule has 0 N–H and O–H groups in total. The molecule has 102 valence electrons. The summed E-state index contributed by atoms with van der Waals surface area (Å²) in [5.41, 5.74) is 1.19. The number of fused-ring (bicyclic) bond motifs is 3. The number of benzene rings is 2. The highest BCUT2D eigenvalue weighted by Gasteiger charge is 2.39. The summed E-state index contributed by atoms with van der Waals surface area (Å²) in [4.78, 5) is 11.3. The molecule has 3 rings (SSSR count). The number of aryl methyl sites for hydroxylation is 1. The van der Waals surface area contributed by atoms with Gasteiger partial charge < -0.3 is 4.57 Å². The monoisotopic (exact) mass is 277 g/mol. The third-order valence-electron chi connectivity index (χ3n) is 3.43. The topological polar surface area (TPSA) is 22.0 Å². The van der Waals surface area contributed by atoms with Gasteiger partial charge in [0.15, 0.2) is 0 Å². The molecule has 2 aromatic carbocycles. The van der Waals surface area contributed by atoms with Gasteiger partial charge in [0.05, 0.1) is 0 Å². The summed E-state index contributed by atoms with van der Waals surface area (Å²) in [6.45, 7) is 0. The average molecular weight is 277 g/mol. The predicted octanol–water partition coefficient (Wildman–Crippen LogP) is 4.08. The normalized spacial score (nSPS) is 12.2. The molecule has 0 unspecified atom stereocenters. The van der Waals surface area contributed by atoms with Crippen molar-refractivity contribution in [3.63, 3.8) is 0 Å². The molecule has 1 aromatic heterocycles. The lowest BCUT2D eigenvalue weighted by Crippen LogP contribution is -2.22. The summed E-state index contributed by atoms with van der Waals surface area (Å²) in [5.74, 6) is -1.82. The van der Waals surface area contributed by atoms with Crippen LogP contribution in [0.15, 0.2) is 42.5 Å². The number of Topliss-reactive ketones (excluding diaryl/α,β-unsaturated/α-hetero) is 1. The SMILES string of the molecule is Cn1c2ccccc2c2ccc(C(=O)C(F)(F)F)cc21. The standard InChI is InChI=1S/C15H10F3NO/c1-19-12-5-3-2-4-10(12)11-7-6-9(8-13(11)19)14(20)15(16,17)18/h2-8H,1H3. The first-order chi connectivity index (χ1) is 9.39. The zero-order chi connectivity index (χ0) is 14.5. The van der Waals surface area contributed by atoms with E-state index in [2.05, 4.69) is 0 Å². The molecule has 20 heavy (non-hydrogen) atoms. The Labute approximate surface area is 112 Å². The second-order valence-electron chi connectivity index (χ2n) is 4.63. The van der Waals surface area contributed by atoms with Crippen molar-refractivity contribution in [3.05, 3.63) is 48.0 Å². The molecule has 0 spiro atoms. The third-order valence-corrected chi connectivity index (χ3v) is 3.43. The van der Waals surface area contributed by atoms with Crippen LogP contribution in [0, 0.1) is 0 Å². The summed E-state index contributed by atoms with van der Waals surface area (Å²) in [5, 5.41) is 1.79. The quantitative estimate of drug-likeness (QED) is 0.614. The summed E-state index contributed by atoms with van der Waals surface area (Å²) >= 11 is 0. The first-order valence-corrected chi connectivity index (χ1v) is 5.98. The molecule has 1 heterocycles. The molecule has 0 aliphatic rings. The number of aromatic nitrogens is 1. The summed E-state index contributed by atoms with van der Waals surface area (Å²) in [6.07, 6.45) is -4.85. The maximum Gasteiger partial charge on any atom is 0.454 e. The van der Waals surface area contributed by atoms with Crippen molar-refractivity contribution in [2.45, 2.75) is 6.18 Å². The fraction of sp³-hybridized carbons (Fsp3) is 0.133. The van der Waals surface area contributed by atoms with Crippen molar-refractivity contribution < 1.29 is 18.0 Å². The van der Waals surface area contributed by atoms with E-state index in [0.29, 0.717) is 5.52 Å². The van der Waals surface area contributed by atoms with E-state index in [0.717, 1.165) is 16.3 Å². The lowest BCUT2D eigenvalue weighted by Gasteiger charge is -2.05. The molecule has 0 saturated heterocycles. The van der Waals surface area contributed by atoms with Gasteiger partial charge in [0.2, 0.25) is 0 Å². The highest BCUT2D eigenvalue weighted by atomic mass is 19.4. The van der Waals surface area contributed by atoms with Gasteiger partial charge in [-0.1, -0.05) is 30.3 Å². The highest BCUT2D eigenvalue weighted by Crippen LogP contribution is 2.30. The van der Waals surface area contributed by atoms with Crippen LogP contribution in [0.1, 0.15) is 10.4 Å². The number of halogens is 3. The van der Waals surface area contributed by atoms with E-state index in [-0.39, 0.29) is 5.56 Å². The minimum absolute atomic E-state index is 0.337. The van der Waals surface area contributed by atoms with Crippen LogP contribution in [0.3, 0.4) is 0 Å². The van der Waals surface area contributed by atoms with E-state index in [1.807, 2.05) is 24.3 Å². The van der Waals surface area contributed by atoms with Gasteiger partial charge in [0.1, 0.15) is 0 Å². The number of alkyl halides is 3. The largest absolute Gasteiger partial charge is 0.454 e. The number of nitrogens with zero attached hydrogens (tertiary/aromatic N) is 1. The van der Waals surface area contributed by atoms with Crippen LogP contribution in [0.5, 0.6) is 0 Å². The van der Waals surface area contributed by atoms with Gasteiger partial charge in [0.25, 0.3) is 5.78 Å². The van der Waals surface area contributed by atoms with Crippen LogP contribution in [0.4, 0.5) is 13.2 Å². The van der Waals surface area contributed by atoms with Crippen LogP contribution in [0.25, 0.3) is 21.8 Å². The van der Waals surface area contributed by atoms with Gasteiger partial charge in [-0.05, 0) is 12.1 Å². The van der Waals surface area contributed by atoms with Crippen molar-refractivity contribution in [2.24, 2.45) is 7.05 Å². The van der Waals surface area contributed by atoms with Crippen LogP contribution < -0.4 is 0 Å². The van der Waals surface area contributed by atoms with E-state index in [1.165, 1.54) is 12.1 Å². The zero-order valence-corrected chi connectivity index (χ0v) is 10.5. The molecule has 0 radical (unpaired) electrons. The Kier molecular flexibility index (Phi) is 2.61. The lowest BCUT2D eigenvalue weighted by atomic mass is 10.1. The maximum atomic E-state index is 12.5. The second-order valence-corrected chi connectivity index (χ2v) is 4.63. The number of para-hydroxylation sites is 1.